The first kappa shape index (κ1) is 15.3. The Hall–Kier alpha value is -2.14. The molecule has 5 nitrogen and oxygen atoms in total. The Morgan fingerprint density at radius 2 is 2.10 bits per heavy atom. The zero-order valence-corrected chi connectivity index (χ0v) is 12.5. The van der Waals surface area contributed by atoms with Crippen molar-refractivity contribution in [3.63, 3.8) is 0 Å². The summed E-state index contributed by atoms with van der Waals surface area (Å²) in [4.78, 5) is 15.8. The molecule has 0 unspecified atom stereocenters. The predicted molar refractivity (Wildman–Crippen MR) is 81.1 cm³/mol. The molecular weight excluding hydrogens is 266 g/mol. The lowest BCUT2D eigenvalue weighted by molar-refractivity contribution is 0.0600. The number of hydrogen-bond acceptors (Lipinski definition) is 4. The van der Waals surface area contributed by atoms with Crippen LogP contribution >= 0.6 is 0 Å². The molecule has 2 aromatic rings. The number of nitrogens with zero attached hydrogens (tertiary/aromatic N) is 2. The van der Waals surface area contributed by atoms with Crippen molar-refractivity contribution in [3.8, 4) is 0 Å². The van der Waals surface area contributed by atoms with E-state index in [2.05, 4.69) is 21.8 Å². The van der Waals surface area contributed by atoms with Gasteiger partial charge in [-0.25, -0.2) is 9.78 Å². The van der Waals surface area contributed by atoms with E-state index in [-0.39, 0.29) is 5.97 Å². The number of carbonyl (C=O) groups is 1. The van der Waals surface area contributed by atoms with Crippen molar-refractivity contribution in [1.82, 2.24) is 14.9 Å². The molecule has 112 valence electrons. The summed E-state index contributed by atoms with van der Waals surface area (Å²) in [6, 6.07) is 7.45. The summed E-state index contributed by atoms with van der Waals surface area (Å²) in [7, 11) is 1.39. The average Bonchev–Trinajstić information content (AvgIpc) is 2.95. The van der Waals surface area contributed by atoms with Crippen molar-refractivity contribution >= 4 is 5.97 Å². The highest BCUT2D eigenvalue weighted by molar-refractivity contribution is 5.89. The largest absolute Gasteiger partial charge is 0.465 e. The van der Waals surface area contributed by atoms with Gasteiger partial charge in [0.05, 0.1) is 19.2 Å². The van der Waals surface area contributed by atoms with Crippen LogP contribution in [0.25, 0.3) is 0 Å². The molecule has 0 aliphatic heterocycles. The van der Waals surface area contributed by atoms with Crippen LogP contribution in [0.1, 0.15) is 35.1 Å². The van der Waals surface area contributed by atoms with Gasteiger partial charge in [-0.1, -0.05) is 19.1 Å². The van der Waals surface area contributed by atoms with Crippen molar-refractivity contribution < 1.29 is 9.53 Å². The minimum atomic E-state index is -0.311. The highest BCUT2D eigenvalue weighted by Crippen LogP contribution is 2.09. The molecule has 0 aliphatic carbocycles. The van der Waals surface area contributed by atoms with E-state index >= 15 is 0 Å². The maximum atomic E-state index is 11.4. The third kappa shape index (κ3) is 4.16. The minimum absolute atomic E-state index is 0.311. The quantitative estimate of drug-likeness (QED) is 0.626. The maximum absolute atomic E-state index is 11.4. The van der Waals surface area contributed by atoms with E-state index in [9.17, 15) is 4.79 Å². The molecule has 0 atom stereocenters. The van der Waals surface area contributed by atoms with Gasteiger partial charge in [-0.2, -0.15) is 0 Å². The van der Waals surface area contributed by atoms with Gasteiger partial charge < -0.3 is 14.6 Å². The van der Waals surface area contributed by atoms with Crippen LogP contribution in [0.5, 0.6) is 0 Å². The third-order valence-electron chi connectivity index (χ3n) is 3.24. The monoisotopic (exact) mass is 287 g/mol. The molecule has 0 spiro atoms. The van der Waals surface area contributed by atoms with Crippen LogP contribution in [0.3, 0.4) is 0 Å². The third-order valence-corrected chi connectivity index (χ3v) is 3.24. The smallest absolute Gasteiger partial charge is 0.337 e. The Morgan fingerprint density at radius 3 is 2.76 bits per heavy atom. The van der Waals surface area contributed by atoms with E-state index in [1.54, 1.807) is 12.1 Å². The zero-order chi connectivity index (χ0) is 15.1. The van der Waals surface area contributed by atoms with E-state index < -0.39 is 0 Å². The van der Waals surface area contributed by atoms with Crippen LogP contribution in [-0.4, -0.2) is 29.2 Å². The Labute approximate surface area is 125 Å². The van der Waals surface area contributed by atoms with Crippen molar-refractivity contribution in [1.29, 1.82) is 0 Å². The van der Waals surface area contributed by atoms with Gasteiger partial charge in [0, 0.05) is 18.9 Å². The fourth-order valence-electron chi connectivity index (χ4n) is 2.09. The summed E-state index contributed by atoms with van der Waals surface area (Å²) in [5.74, 6) is 0.703. The number of imidazole rings is 1. The fraction of sp³-hybridized carbons (Fsp3) is 0.375. The number of rotatable bonds is 7. The molecular formula is C16H21N3O2. The number of ether oxygens (including phenoxy) is 1. The van der Waals surface area contributed by atoms with Crippen LogP contribution < -0.4 is 5.32 Å². The van der Waals surface area contributed by atoms with Gasteiger partial charge in [0.15, 0.2) is 0 Å². The van der Waals surface area contributed by atoms with E-state index in [1.165, 1.54) is 7.11 Å². The molecule has 0 saturated carbocycles. The molecule has 0 fully saturated rings. The standard InChI is InChI=1S/C16H21N3O2/c1-3-8-17-11-15-18-9-10-19(15)12-13-4-6-14(7-5-13)16(20)21-2/h4-7,9-10,17H,3,8,11-12H2,1-2H3. The van der Waals surface area contributed by atoms with Crippen molar-refractivity contribution in [2.24, 2.45) is 0 Å². The van der Waals surface area contributed by atoms with Crippen LogP contribution in [-0.2, 0) is 17.8 Å². The lowest BCUT2D eigenvalue weighted by atomic mass is 10.1. The van der Waals surface area contributed by atoms with Crippen LogP contribution in [0.15, 0.2) is 36.7 Å². The number of aromatic nitrogens is 2. The Morgan fingerprint density at radius 1 is 1.33 bits per heavy atom. The highest BCUT2D eigenvalue weighted by Gasteiger charge is 2.06. The molecule has 5 heteroatoms. The molecule has 21 heavy (non-hydrogen) atoms. The maximum Gasteiger partial charge on any atom is 0.337 e. The number of esters is 1. The number of benzene rings is 1. The van der Waals surface area contributed by atoms with Crippen molar-refractivity contribution in [2.45, 2.75) is 26.4 Å². The molecule has 0 bridgehead atoms. The molecule has 1 aromatic carbocycles. The molecule has 1 N–H and O–H groups in total. The first-order chi connectivity index (χ1) is 10.2. The minimum Gasteiger partial charge on any atom is -0.465 e. The van der Waals surface area contributed by atoms with E-state index in [0.717, 1.165) is 37.4 Å². The summed E-state index contributed by atoms with van der Waals surface area (Å²) in [5, 5.41) is 3.35. The zero-order valence-electron chi connectivity index (χ0n) is 12.5. The van der Waals surface area contributed by atoms with Gasteiger partial charge in [-0.05, 0) is 30.7 Å². The SMILES string of the molecule is CCCNCc1nccn1Cc1ccc(C(=O)OC)cc1. The molecule has 0 radical (unpaired) electrons. The first-order valence-electron chi connectivity index (χ1n) is 7.12. The first-order valence-corrected chi connectivity index (χ1v) is 7.12. The van der Waals surface area contributed by atoms with Gasteiger partial charge in [0.25, 0.3) is 0 Å². The molecule has 0 amide bonds. The van der Waals surface area contributed by atoms with Crippen LogP contribution in [0.2, 0.25) is 0 Å². The second-order valence-electron chi connectivity index (χ2n) is 4.84. The Kier molecular flexibility index (Phi) is 5.51. The van der Waals surface area contributed by atoms with Gasteiger partial charge in [-0.3, -0.25) is 0 Å². The Bertz CT molecular complexity index is 575. The molecule has 0 saturated heterocycles. The van der Waals surface area contributed by atoms with E-state index in [4.69, 9.17) is 4.74 Å². The molecule has 2 rings (SSSR count). The molecule has 1 aromatic heterocycles. The van der Waals surface area contributed by atoms with Gasteiger partial charge in [0.2, 0.25) is 0 Å². The number of methoxy groups -OCH3 is 1. The van der Waals surface area contributed by atoms with E-state index in [1.807, 2.05) is 24.5 Å². The average molecular weight is 287 g/mol. The highest BCUT2D eigenvalue weighted by atomic mass is 16.5. The van der Waals surface area contributed by atoms with Crippen molar-refractivity contribution in [3.05, 3.63) is 53.6 Å². The molecule has 0 aliphatic rings. The summed E-state index contributed by atoms with van der Waals surface area (Å²) in [6.07, 6.45) is 4.89. The summed E-state index contributed by atoms with van der Waals surface area (Å²) < 4.78 is 6.80. The fourth-order valence-corrected chi connectivity index (χ4v) is 2.09. The topological polar surface area (TPSA) is 56.2 Å². The van der Waals surface area contributed by atoms with Gasteiger partial charge >= 0.3 is 5.97 Å². The number of nitrogens with one attached hydrogen (secondary N) is 1. The lowest BCUT2D eigenvalue weighted by Crippen LogP contribution is -2.17. The molecule has 1 heterocycles. The number of carbonyl (C=O) groups excluding carboxylic acids is 1. The van der Waals surface area contributed by atoms with Crippen molar-refractivity contribution in [2.75, 3.05) is 13.7 Å². The van der Waals surface area contributed by atoms with Gasteiger partial charge in [0.1, 0.15) is 5.82 Å². The van der Waals surface area contributed by atoms with Crippen LogP contribution in [0, 0.1) is 0 Å². The summed E-state index contributed by atoms with van der Waals surface area (Å²) >= 11 is 0. The van der Waals surface area contributed by atoms with Crippen LogP contribution in [0.4, 0.5) is 0 Å². The second-order valence-corrected chi connectivity index (χ2v) is 4.84. The van der Waals surface area contributed by atoms with E-state index in [0.29, 0.717) is 5.56 Å². The normalized spacial score (nSPS) is 10.6. The Balaban J connectivity index is 2.01. The lowest BCUT2D eigenvalue weighted by Gasteiger charge is -2.09. The summed E-state index contributed by atoms with van der Waals surface area (Å²) in [6.45, 7) is 4.63. The second kappa shape index (κ2) is 7.59. The van der Waals surface area contributed by atoms with Gasteiger partial charge in [-0.15, -0.1) is 0 Å². The predicted octanol–water partition coefficient (Wildman–Crippen LogP) is 2.22. The summed E-state index contributed by atoms with van der Waals surface area (Å²) in [5.41, 5.74) is 1.69. The number of hydrogen-bond donors (Lipinski definition) is 1.